The van der Waals surface area contributed by atoms with Gasteiger partial charge in [0.05, 0.1) is 6.54 Å². The second kappa shape index (κ2) is 9.36. The predicted molar refractivity (Wildman–Crippen MR) is 118 cm³/mol. The number of nitrogens with zero attached hydrogens (tertiary/aromatic N) is 5. The molecule has 0 atom stereocenters. The van der Waals surface area contributed by atoms with Gasteiger partial charge in [-0.1, -0.05) is 6.92 Å². The molecular weight excluding hydrogens is 416 g/mol. The van der Waals surface area contributed by atoms with Crippen LogP contribution in [0.2, 0.25) is 0 Å². The minimum Gasteiger partial charge on any atom is -0.458 e. The fourth-order valence-corrected chi connectivity index (χ4v) is 4.00. The second-order valence-corrected chi connectivity index (χ2v) is 8.16. The minimum absolute atomic E-state index is 0.153. The van der Waals surface area contributed by atoms with Crippen LogP contribution in [-0.2, 0) is 9.59 Å². The molecule has 1 N–H and O–H groups in total. The Bertz CT molecular complexity index is 1060. The zero-order valence-electron chi connectivity index (χ0n) is 17.5. The minimum atomic E-state index is -0.166. The average Bonchev–Trinajstić information content (AvgIpc) is 3.45. The van der Waals surface area contributed by atoms with Crippen LogP contribution in [0.25, 0.3) is 22.3 Å². The van der Waals surface area contributed by atoms with Crippen molar-refractivity contribution in [2.75, 3.05) is 38.0 Å². The second-order valence-electron chi connectivity index (χ2n) is 7.27. The number of carbonyl (C=O) groups excluding carboxylic acids is 2. The van der Waals surface area contributed by atoms with Crippen LogP contribution in [0.3, 0.4) is 0 Å². The third kappa shape index (κ3) is 5.15. The summed E-state index contributed by atoms with van der Waals surface area (Å²) in [6.45, 7) is 6.58. The van der Waals surface area contributed by atoms with Crippen molar-refractivity contribution in [3.63, 3.8) is 0 Å². The summed E-state index contributed by atoms with van der Waals surface area (Å²) in [4.78, 5) is 41.7. The maximum absolute atomic E-state index is 12.7. The summed E-state index contributed by atoms with van der Waals surface area (Å²) < 4.78 is 5.67. The molecule has 1 aliphatic heterocycles. The highest BCUT2D eigenvalue weighted by molar-refractivity contribution is 7.13. The smallest absolute Gasteiger partial charge is 0.239 e. The van der Waals surface area contributed by atoms with Crippen molar-refractivity contribution < 1.29 is 14.0 Å². The normalized spacial score (nSPS) is 14.6. The fraction of sp³-hybridized carbons (Fsp3) is 0.381. The number of nitrogens with one attached hydrogen (secondary N) is 1. The topological polar surface area (TPSA) is 104 Å². The van der Waals surface area contributed by atoms with E-state index in [1.807, 2.05) is 35.1 Å². The Morgan fingerprint density at radius 2 is 2.00 bits per heavy atom. The third-order valence-electron chi connectivity index (χ3n) is 5.00. The van der Waals surface area contributed by atoms with Crippen LogP contribution >= 0.6 is 11.3 Å². The van der Waals surface area contributed by atoms with E-state index in [0.717, 1.165) is 10.8 Å². The first kappa shape index (κ1) is 21.1. The molecule has 3 aromatic rings. The third-order valence-corrected chi connectivity index (χ3v) is 5.80. The number of aryl methyl sites for hydroxylation is 1. The van der Waals surface area contributed by atoms with Crippen molar-refractivity contribution in [2.24, 2.45) is 0 Å². The average molecular weight is 441 g/mol. The number of piperazine rings is 1. The molecule has 10 heteroatoms. The fourth-order valence-electron chi connectivity index (χ4n) is 3.40. The van der Waals surface area contributed by atoms with Crippen LogP contribution in [0.5, 0.6) is 0 Å². The van der Waals surface area contributed by atoms with Crippen molar-refractivity contribution in [2.45, 2.75) is 20.3 Å². The molecule has 0 unspecified atom stereocenters. The lowest BCUT2D eigenvalue weighted by molar-refractivity contribution is -0.132. The Hall–Kier alpha value is -3.11. The SMILES string of the molecule is CCC(=O)N1CCN(CC(=O)Nc2cc(-c3nccs3)nc(-c3ccc(C)o3)n2)CC1. The molecule has 0 bridgehead atoms. The first-order chi connectivity index (χ1) is 15.0. The Morgan fingerprint density at radius 3 is 2.65 bits per heavy atom. The summed E-state index contributed by atoms with van der Waals surface area (Å²) >= 11 is 1.46. The quantitative estimate of drug-likeness (QED) is 0.628. The molecule has 0 saturated carbocycles. The van der Waals surface area contributed by atoms with E-state index in [2.05, 4.69) is 20.3 Å². The lowest BCUT2D eigenvalue weighted by atomic mass is 10.3. The van der Waals surface area contributed by atoms with Gasteiger partial charge in [-0.3, -0.25) is 14.5 Å². The molecule has 0 spiro atoms. The lowest BCUT2D eigenvalue weighted by Gasteiger charge is -2.34. The first-order valence-corrected chi connectivity index (χ1v) is 11.1. The van der Waals surface area contributed by atoms with E-state index in [-0.39, 0.29) is 18.4 Å². The first-order valence-electron chi connectivity index (χ1n) is 10.2. The summed E-state index contributed by atoms with van der Waals surface area (Å²) in [5.41, 5.74) is 0.621. The number of thiazole rings is 1. The predicted octanol–water partition coefficient (Wildman–Crippen LogP) is 2.66. The molecule has 4 heterocycles. The zero-order valence-corrected chi connectivity index (χ0v) is 18.3. The van der Waals surface area contributed by atoms with E-state index in [4.69, 9.17) is 4.42 Å². The maximum Gasteiger partial charge on any atom is 0.239 e. The van der Waals surface area contributed by atoms with Crippen molar-refractivity contribution in [3.8, 4) is 22.3 Å². The Labute approximate surface area is 184 Å². The largest absolute Gasteiger partial charge is 0.458 e. The van der Waals surface area contributed by atoms with E-state index in [1.54, 1.807) is 18.3 Å². The lowest BCUT2D eigenvalue weighted by Crippen LogP contribution is -2.50. The van der Waals surface area contributed by atoms with Crippen molar-refractivity contribution in [3.05, 3.63) is 35.5 Å². The summed E-state index contributed by atoms with van der Waals surface area (Å²) in [7, 11) is 0. The van der Waals surface area contributed by atoms with Gasteiger partial charge in [0.25, 0.3) is 0 Å². The molecule has 162 valence electrons. The number of hydrogen-bond acceptors (Lipinski definition) is 8. The molecule has 1 aliphatic rings. The van der Waals surface area contributed by atoms with Gasteiger partial charge in [-0.25, -0.2) is 15.0 Å². The van der Waals surface area contributed by atoms with Gasteiger partial charge >= 0.3 is 0 Å². The molecule has 0 aromatic carbocycles. The van der Waals surface area contributed by atoms with Crippen molar-refractivity contribution in [1.82, 2.24) is 24.8 Å². The summed E-state index contributed by atoms with van der Waals surface area (Å²) in [5, 5.41) is 5.48. The molecule has 9 nitrogen and oxygen atoms in total. The molecule has 0 aliphatic carbocycles. The van der Waals surface area contributed by atoms with E-state index in [9.17, 15) is 9.59 Å². The molecule has 2 amide bonds. The number of hydrogen-bond donors (Lipinski definition) is 1. The molecule has 3 aromatic heterocycles. The van der Waals surface area contributed by atoms with Gasteiger partial charge in [0.2, 0.25) is 11.8 Å². The van der Waals surface area contributed by atoms with Crippen LogP contribution in [-0.4, -0.2) is 69.3 Å². The summed E-state index contributed by atoms with van der Waals surface area (Å²) in [6.07, 6.45) is 2.22. The zero-order chi connectivity index (χ0) is 21.8. The highest BCUT2D eigenvalue weighted by atomic mass is 32.1. The van der Waals surface area contributed by atoms with Gasteiger partial charge in [-0.2, -0.15) is 0 Å². The van der Waals surface area contributed by atoms with Gasteiger partial charge in [-0.05, 0) is 19.1 Å². The number of furan rings is 1. The monoisotopic (exact) mass is 440 g/mol. The standard InChI is InChI=1S/C21H24N6O3S/c1-3-19(29)27-9-7-26(8-10-27)13-18(28)24-17-12-15(21-22-6-11-31-21)23-20(25-17)16-5-4-14(2)30-16/h4-6,11-12H,3,7-10,13H2,1-2H3,(H,23,24,25,28). The van der Waals surface area contributed by atoms with Gasteiger partial charge < -0.3 is 14.6 Å². The summed E-state index contributed by atoms with van der Waals surface area (Å²) in [5.74, 6) is 2.06. The van der Waals surface area contributed by atoms with E-state index >= 15 is 0 Å². The Morgan fingerprint density at radius 1 is 1.19 bits per heavy atom. The summed E-state index contributed by atoms with van der Waals surface area (Å²) in [6, 6.07) is 5.36. The van der Waals surface area contributed by atoms with Gasteiger partial charge in [0, 0.05) is 50.2 Å². The Balaban J connectivity index is 1.47. The van der Waals surface area contributed by atoms with Crippen molar-refractivity contribution in [1.29, 1.82) is 0 Å². The maximum atomic E-state index is 12.7. The highest BCUT2D eigenvalue weighted by Gasteiger charge is 2.22. The number of anilines is 1. The van der Waals surface area contributed by atoms with Gasteiger partial charge in [0.1, 0.15) is 22.3 Å². The number of aromatic nitrogens is 3. The van der Waals surface area contributed by atoms with Gasteiger partial charge in [-0.15, -0.1) is 11.3 Å². The number of rotatable bonds is 6. The molecule has 1 saturated heterocycles. The number of carbonyl (C=O) groups is 2. The van der Waals surface area contributed by atoms with E-state index in [0.29, 0.717) is 55.7 Å². The van der Waals surface area contributed by atoms with Crippen LogP contribution in [0, 0.1) is 6.92 Å². The molecule has 1 fully saturated rings. The van der Waals surface area contributed by atoms with Crippen LogP contribution in [0.1, 0.15) is 19.1 Å². The van der Waals surface area contributed by atoms with Gasteiger partial charge in [0.15, 0.2) is 11.6 Å². The number of amides is 2. The molecule has 0 radical (unpaired) electrons. The molecule has 31 heavy (non-hydrogen) atoms. The van der Waals surface area contributed by atoms with Crippen LogP contribution < -0.4 is 5.32 Å². The highest BCUT2D eigenvalue weighted by Crippen LogP contribution is 2.26. The van der Waals surface area contributed by atoms with Crippen LogP contribution in [0.15, 0.2) is 34.2 Å². The van der Waals surface area contributed by atoms with Crippen LogP contribution in [0.4, 0.5) is 5.82 Å². The Kier molecular flexibility index (Phi) is 6.38. The van der Waals surface area contributed by atoms with E-state index in [1.165, 1.54) is 11.3 Å². The molecular formula is C21H24N6O3S. The van der Waals surface area contributed by atoms with E-state index < -0.39 is 0 Å². The van der Waals surface area contributed by atoms with Crippen molar-refractivity contribution >= 4 is 29.0 Å². The molecule has 4 rings (SSSR count).